The van der Waals surface area contributed by atoms with Crippen molar-refractivity contribution in [1.29, 1.82) is 5.26 Å². The van der Waals surface area contributed by atoms with Gasteiger partial charge in [0.25, 0.3) is 0 Å². The van der Waals surface area contributed by atoms with E-state index in [9.17, 15) is 4.39 Å². The van der Waals surface area contributed by atoms with Gasteiger partial charge in [-0.2, -0.15) is 5.26 Å². The van der Waals surface area contributed by atoms with Crippen molar-refractivity contribution in [2.24, 2.45) is 5.16 Å². The van der Waals surface area contributed by atoms with Gasteiger partial charge in [0, 0.05) is 0 Å². The molecule has 17 heavy (non-hydrogen) atoms. The highest BCUT2D eigenvalue weighted by molar-refractivity contribution is 6.02. The van der Waals surface area contributed by atoms with Crippen LogP contribution in [0.25, 0.3) is 6.08 Å². The van der Waals surface area contributed by atoms with Crippen molar-refractivity contribution in [3.63, 3.8) is 0 Å². The summed E-state index contributed by atoms with van der Waals surface area (Å²) in [6.45, 7) is 3.67. The Kier molecular flexibility index (Phi) is 4.41. The molecule has 0 radical (unpaired) electrons. The van der Waals surface area contributed by atoms with Crippen molar-refractivity contribution in [2.45, 2.75) is 20.3 Å². The number of allylic oxidation sites excluding steroid dienone is 1. The Hall–Kier alpha value is -2.15. The summed E-state index contributed by atoms with van der Waals surface area (Å²) in [7, 11) is 0. The normalized spacial score (nSPS) is 12.4. The lowest BCUT2D eigenvalue weighted by molar-refractivity contribution is 0.318. The molecule has 0 unspecified atom stereocenters. The third kappa shape index (κ3) is 3.15. The molecule has 0 aliphatic carbocycles. The van der Waals surface area contributed by atoms with Crippen LogP contribution in [0.3, 0.4) is 0 Å². The first-order chi connectivity index (χ1) is 8.12. The van der Waals surface area contributed by atoms with Gasteiger partial charge < -0.3 is 5.21 Å². The second-order valence-electron chi connectivity index (χ2n) is 3.58. The van der Waals surface area contributed by atoms with Crippen molar-refractivity contribution in [1.82, 2.24) is 0 Å². The SMILES string of the molecule is CCC(=N\O)/C(C)=C/c1ccc(F)c(C#N)c1. The van der Waals surface area contributed by atoms with E-state index in [1.165, 1.54) is 12.1 Å². The van der Waals surface area contributed by atoms with Crippen molar-refractivity contribution >= 4 is 11.8 Å². The van der Waals surface area contributed by atoms with Crippen LogP contribution in [0.4, 0.5) is 4.39 Å². The number of nitriles is 1. The molecule has 0 saturated carbocycles. The minimum atomic E-state index is -0.533. The standard InChI is InChI=1S/C13H13FN2O/c1-3-13(16-17)9(2)6-10-4-5-12(14)11(7-10)8-15/h4-7,17H,3H2,1-2H3/b9-6+,16-13+. The van der Waals surface area contributed by atoms with Gasteiger partial charge in [-0.25, -0.2) is 4.39 Å². The van der Waals surface area contributed by atoms with E-state index in [1.807, 2.05) is 6.92 Å². The molecule has 0 spiro atoms. The number of oxime groups is 1. The van der Waals surface area contributed by atoms with Crippen molar-refractivity contribution in [3.05, 3.63) is 40.7 Å². The van der Waals surface area contributed by atoms with Crippen molar-refractivity contribution < 1.29 is 9.60 Å². The molecule has 0 heterocycles. The van der Waals surface area contributed by atoms with Crippen LogP contribution in [0.2, 0.25) is 0 Å². The summed E-state index contributed by atoms with van der Waals surface area (Å²) in [4.78, 5) is 0. The molecule has 0 fully saturated rings. The molecule has 1 aromatic carbocycles. The molecule has 3 nitrogen and oxygen atoms in total. The fourth-order valence-electron chi connectivity index (χ4n) is 1.48. The van der Waals surface area contributed by atoms with E-state index < -0.39 is 5.82 Å². The van der Waals surface area contributed by atoms with Crippen molar-refractivity contribution in [3.8, 4) is 6.07 Å². The van der Waals surface area contributed by atoms with Crippen molar-refractivity contribution in [2.75, 3.05) is 0 Å². The van der Waals surface area contributed by atoms with Crippen LogP contribution in [0, 0.1) is 17.1 Å². The molecular formula is C13H13FN2O. The highest BCUT2D eigenvalue weighted by Gasteiger charge is 2.03. The number of hydrogen-bond acceptors (Lipinski definition) is 3. The molecule has 0 aliphatic rings. The highest BCUT2D eigenvalue weighted by atomic mass is 19.1. The third-order valence-electron chi connectivity index (χ3n) is 2.40. The lowest BCUT2D eigenvalue weighted by Gasteiger charge is -2.02. The summed E-state index contributed by atoms with van der Waals surface area (Å²) in [6.07, 6.45) is 2.35. The zero-order valence-electron chi connectivity index (χ0n) is 9.74. The van der Waals surface area contributed by atoms with Crippen LogP contribution in [0.1, 0.15) is 31.4 Å². The molecule has 0 amide bonds. The maximum Gasteiger partial charge on any atom is 0.140 e. The van der Waals surface area contributed by atoms with Crippen LogP contribution in [0.15, 0.2) is 28.9 Å². The van der Waals surface area contributed by atoms with Crippen LogP contribution in [0.5, 0.6) is 0 Å². The largest absolute Gasteiger partial charge is 0.411 e. The van der Waals surface area contributed by atoms with E-state index in [0.29, 0.717) is 17.7 Å². The summed E-state index contributed by atoms with van der Waals surface area (Å²) < 4.78 is 13.1. The second kappa shape index (κ2) is 5.80. The van der Waals surface area contributed by atoms with E-state index in [0.717, 1.165) is 5.57 Å². The lowest BCUT2D eigenvalue weighted by Crippen LogP contribution is -1.97. The Morgan fingerprint density at radius 3 is 2.82 bits per heavy atom. The van der Waals surface area contributed by atoms with E-state index in [1.54, 1.807) is 25.1 Å². The Balaban J connectivity index is 3.11. The zero-order valence-corrected chi connectivity index (χ0v) is 9.74. The predicted molar refractivity (Wildman–Crippen MR) is 64.3 cm³/mol. The number of hydrogen-bond donors (Lipinski definition) is 1. The molecule has 0 aromatic heterocycles. The third-order valence-corrected chi connectivity index (χ3v) is 2.40. The monoisotopic (exact) mass is 232 g/mol. The van der Waals surface area contributed by atoms with Gasteiger partial charge >= 0.3 is 0 Å². The quantitative estimate of drug-likeness (QED) is 0.493. The maximum atomic E-state index is 13.1. The Labute approximate surface area is 99.5 Å². The van der Waals surface area contributed by atoms with Gasteiger partial charge in [0.05, 0.1) is 11.3 Å². The Morgan fingerprint density at radius 1 is 1.59 bits per heavy atom. The van der Waals surface area contributed by atoms with Crippen LogP contribution in [-0.4, -0.2) is 10.9 Å². The Bertz CT molecular complexity index is 513. The van der Waals surface area contributed by atoms with E-state index >= 15 is 0 Å². The molecule has 0 saturated heterocycles. The van der Waals surface area contributed by atoms with Gasteiger partial charge in [-0.05, 0) is 36.6 Å². The Morgan fingerprint density at radius 2 is 2.29 bits per heavy atom. The molecule has 0 atom stereocenters. The first kappa shape index (κ1) is 12.9. The molecule has 1 N–H and O–H groups in total. The van der Waals surface area contributed by atoms with Gasteiger partial charge in [0.2, 0.25) is 0 Å². The molecule has 0 bridgehead atoms. The van der Waals surface area contributed by atoms with Gasteiger partial charge in [0.1, 0.15) is 11.9 Å². The van der Waals surface area contributed by atoms with E-state index in [2.05, 4.69) is 5.16 Å². The topological polar surface area (TPSA) is 56.4 Å². The number of benzene rings is 1. The average molecular weight is 232 g/mol. The zero-order chi connectivity index (χ0) is 12.8. The van der Waals surface area contributed by atoms with Gasteiger partial charge in [-0.3, -0.25) is 0 Å². The maximum absolute atomic E-state index is 13.1. The first-order valence-corrected chi connectivity index (χ1v) is 5.21. The summed E-state index contributed by atoms with van der Waals surface area (Å²) in [5.74, 6) is -0.533. The predicted octanol–water partition coefficient (Wildman–Crippen LogP) is 3.34. The lowest BCUT2D eigenvalue weighted by atomic mass is 10.0. The van der Waals surface area contributed by atoms with Crippen LogP contribution < -0.4 is 0 Å². The minimum Gasteiger partial charge on any atom is -0.411 e. The molecule has 4 heteroatoms. The second-order valence-corrected chi connectivity index (χ2v) is 3.58. The van der Waals surface area contributed by atoms with Gasteiger partial charge in [-0.15, -0.1) is 0 Å². The molecule has 1 aromatic rings. The molecular weight excluding hydrogens is 219 g/mol. The summed E-state index contributed by atoms with van der Waals surface area (Å²) >= 11 is 0. The van der Waals surface area contributed by atoms with E-state index in [-0.39, 0.29) is 5.56 Å². The average Bonchev–Trinajstić information content (AvgIpc) is 2.33. The fraction of sp³-hybridized carbons (Fsp3) is 0.231. The van der Waals surface area contributed by atoms with Gasteiger partial charge in [-0.1, -0.05) is 24.2 Å². The number of halogens is 1. The summed E-state index contributed by atoms with van der Waals surface area (Å²) in [5, 5.41) is 20.6. The first-order valence-electron chi connectivity index (χ1n) is 5.21. The summed E-state index contributed by atoms with van der Waals surface area (Å²) in [5.41, 5.74) is 2.05. The van der Waals surface area contributed by atoms with Gasteiger partial charge in [0.15, 0.2) is 0 Å². The highest BCUT2D eigenvalue weighted by Crippen LogP contribution is 2.14. The van der Waals surface area contributed by atoms with Crippen LogP contribution >= 0.6 is 0 Å². The number of rotatable bonds is 3. The smallest absolute Gasteiger partial charge is 0.140 e. The van der Waals surface area contributed by atoms with Crippen LogP contribution in [-0.2, 0) is 0 Å². The molecule has 88 valence electrons. The number of nitrogens with zero attached hydrogens (tertiary/aromatic N) is 2. The molecule has 0 aliphatic heterocycles. The fourth-order valence-corrected chi connectivity index (χ4v) is 1.48. The van der Waals surface area contributed by atoms with E-state index in [4.69, 9.17) is 10.5 Å². The summed E-state index contributed by atoms with van der Waals surface area (Å²) in [6, 6.07) is 6.07. The molecule has 1 rings (SSSR count). The minimum absolute atomic E-state index is 0.00513.